The van der Waals surface area contributed by atoms with Crippen LogP contribution in [0.5, 0.6) is 0 Å². The van der Waals surface area contributed by atoms with Gasteiger partial charge in [0.05, 0.1) is 38.5 Å². The minimum Gasteiger partial charge on any atom is -0.394 e. The number of carbonyl (C=O) groups excluding carboxylic acids is 1. The fourth-order valence-corrected chi connectivity index (χ4v) is 4.46. The number of hydrogen-bond acceptors (Lipinski definition) is 5. The Kier molecular flexibility index (Phi) is 6.09. The van der Waals surface area contributed by atoms with Gasteiger partial charge in [-0.25, -0.2) is 4.39 Å². The van der Waals surface area contributed by atoms with Crippen molar-refractivity contribution in [2.24, 2.45) is 0 Å². The van der Waals surface area contributed by atoms with E-state index in [0.29, 0.717) is 31.9 Å². The van der Waals surface area contributed by atoms with Crippen LogP contribution in [0.25, 0.3) is 11.1 Å². The Balaban J connectivity index is 1.61. The molecule has 2 aromatic carbocycles. The van der Waals surface area contributed by atoms with E-state index in [1.807, 2.05) is 35.2 Å². The third-order valence-corrected chi connectivity index (χ3v) is 5.94. The molecule has 30 heavy (non-hydrogen) atoms. The summed E-state index contributed by atoms with van der Waals surface area (Å²) < 4.78 is 19.1. The maximum Gasteiger partial charge on any atom is 0.238 e. The van der Waals surface area contributed by atoms with Crippen LogP contribution in [0.15, 0.2) is 48.5 Å². The van der Waals surface area contributed by atoms with E-state index in [0.717, 1.165) is 11.1 Å². The van der Waals surface area contributed by atoms with Gasteiger partial charge in [-0.15, -0.1) is 0 Å². The standard InChI is InChI=1S/C23H24FN3O3/c24-17-5-3-4-16(12-17)18-6-1-2-7-19(18)23-20(13-25)27(21(23)15-28)22(29)14-26-8-10-30-11-9-26/h1-7,12,20-21,23,28H,8-11,14-15H2/t20-,21-,23+/m0/s1. The average molecular weight is 409 g/mol. The number of benzene rings is 2. The summed E-state index contributed by atoms with van der Waals surface area (Å²) in [7, 11) is 0. The lowest BCUT2D eigenvalue weighted by molar-refractivity contribution is -0.149. The minimum absolute atomic E-state index is 0.165. The molecule has 0 spiro atoms. The van der Waals surface area contributed by atoms with E-state index in [2.05, 4.69) is 6.07 Å². The SMILES string of the molecule is N#C[C@H]1[C@@H](c2ccccc2-c2cccc(F)c2)[C@H](CO)N1C(=O)CN1CCOCC1. The van der Waals surface area contributed by atoms with Crippen LogP contribution < -0.4 is 0 Å². The molecule has 6 nitrogen and oxygen atoms in total. The number of rotatable bonds is 5. The van der Waals surface area contributed by atoms with Crippen LogP contribution in [0.3, 0.4) is 0 Å². The number of halogens is 1. The molecule has 7 heteroatoms. The molecular weight excluding hydrogens is 385 g/mol. The van der Waals surface area contributed by atoms with Gasteiger partial charge in [0.1, 0.15) is 11.9 Å². The van der Waals surface area contributed by atoms with Gasteiger partial charge in [0, 0.05) is 19.0 Å². The van der Waals surface area contributed by atoms with Crippen molar-refractivity contribution in [2.45, 2.75) is 18.0 Å². The van der Waals surface area contributed by atoms with Crippen molar-refractivity contribution in [3.05, 3.63) is 59.9 Å². The number of aliphatic hydroxyl groups excluding tert-OH is 1. The number of ether oxygens (including phenoxy) is 1. The molecule has 2 aliphatic heterocycles. The number of carbonyl (C=O) groups is 1. The minimum atomic E-state index is -0.676. The number of morpholine rings is 1. The Morgan fingerprint density at radius 3 is 2.67 bits per heavy atom. The fourth-order valence-electron chi connectivity index (χ4n) is 4.46. The van der Waals surface area contributed by atoms with Crippen LogP contribution in [-0.4, -0.2) is 72.4 Å². The second kappa shape index (κ2) is 8.92. The molecule has 1 amide bonds. The molecule has 2 saturated heterocycles. The fraction of sp³-hybridized carbons (Fsp3) is 0.391. The summed E-state index contributed by atoms with van der Waals surface area (Å²) >= 11 is 0. The van der Waals surface area contributed by atoms with Crippen molar-refractivity contribution < 1.29 is 19.0 Å². The van der Waals surface area contributed by atoms with Crippen molar-refractivity contribution in [3.63, 3.8) is 0 Å². The monoisotopic (exact) mass is 409 g/mol. The molecule has 0 aromatic heterocycles. The van der Waals surface area contributed by atoms with Gasteiger partial charge in [-0.2, -0.15) is 5.26 Å². The van der Waals surface area contributed by atoms with Crippen molar-refractivity contribution >= 4 is 5.91 Å². The van der Waals surface area contributed by atoms with Crippen molar-refractivity contribution in [1.82, 2.24) is 9.80 Å². The largest absolute Gasteiger partial charge is 0.394 e. The molecule has 4 rings (SSSR count). The van der Waals surface area contributed by atoms with Gasteiger partial charge >= 0.3 is 0 Å². The first-order valence-corrected chi connectivity index (χ1v) is 10.1. The molecule has 2 aliphatic rings. The van der Waals surface area contributed by atoms with Crippen LogP contribution in [0.4, 0.5) is 4.39 Å². The van der Waals surface area contributed by atoms with Crippen LogP contribution in [0.1, 0.15) is 11.5 Å². The third kappa shape index (κ3) is 3.82. The van der Waals surface area contributed by atoms with Gasteiger partial charge in [0.25, 0.3) is 0 Å². The second-order valence-corrected chi connectivity index (χ2v) is 7.64. The van der Waals surface area contributed by atoms with Crippen molar-refractivity contribution in [3.8, 4) is 17.2 Å². The Morgan fingerprint density at radius 1 is 1.20 bits per heavy atom. The van der Waals surface area contributed by atoms with Gasteiger partial charge in [-0.3, -0.25) is 9.69 Å². The van der Waals surface area contributed by atoms with E-state index >= 15 is 0 Å². The molecule has 3 atom stereocenters. The highest BCUT2D eigenvalue weighted by Gasteiger charge is 2.52. The number of amides is 1. The van der Waals surface area contributed by atoms with Crippen molar-refractivity contribution in [2.75, 3.05) is 39.5 Å². The zero-order valence-electron chi connectivity index (χ0n) is 16.6. The first kappa shape index (κ1) is 20.5. The quantitative estimate of drug-likeness (QED) is 0.818. The van der Waals surface area contributed by atoms with Gasteiger partial charge in [0.15, 0.2) is 0 Å². The normalized spacial score (nSPS) is 24.2. The van der Waals surface area contributed by atoms with Crippen LogP contribution >= 0.6 is 0 Å². The Hall–Kier alpha value is -2.79. The number of aliphatic hydroxyl groups is 1. The van der Waals surface area contributed by atoms with Crippen LogP contribution in [-0.2, 0) is 9.53 Å². The van der Waals surface area contributed by atoms with Gasteiger partial charge in [-0.05, 0) is 28.8 Å². The first-order chi connectivity index (χ1) is 14.6. The Bertz CT molecular complexity index is 955. The zero-order valence-corrected chi connectivity index (χ0v) is 16.6. The molecule has 0 unspecified atom stereocenters. The summed E-state index contributed by atoms with van der Waals surface area (Å²) in [5.41, 5.74) is 2.35. The van der Waals surface area contributed by atoms with Gasteiger partial charge in [-0.1, -0.05) is 36.4 Å². The highest BCUT2D eigenvalue weighted by molar-refractivity contribution is 5.82. The molecule has 2 aromatic rings. The van der Waals surface area contributed by atoms with E-state index in [4.69, 9.17) is 4.74 Å². The summed E-state index contributed by atoms with van der Waals surface area (Å²) in [6, 6.07) is 14.9. The molecule has 1 N–H and O–H groups in total. The maximum absolute atomic E-state index is 13.8. The van der Waals surface area contributed by atoms with Crippen molar-refractivity contribution in [1.29, 1.82) is 5.26 Å². The number of likely N-dealkylation sites (tertiary alicyclic amines) is 1. The highest BCUT2D eigenvalue weighted by Crippen LogP contribution is 2.44. The van der Waals surface area contributed by atoms with Gasteiger partial charge in [0.2, 0.25) is 5.91 Å². The summed E-state index contributed by atoms with van der Waals surface area (Å²) in [6.45, 7) is 2.48. The second-order valence-electron chi connectivity index (χ2n) is 7.64. The van der Waals surface area contributed by atoms with E-state index in [9.17, 15) is 19.6 Å². The van der Waals surface area contributed by atoms with E-state index in [1.165, 1.54) is 17.0 Å². The third-order valence-electron chi connectivity index (χ3n) is 5.94. The molecule has 0 bridgehead atoms. The molecule has 0 aliphatic carbocycles. The average Bonchev–Trinajstić information content (AvgIpc) is 2.75. The summed E-state index contributed by atoms with van der Waals surface area (Å²) in [5, 5.41) is 19.9. The van der Waals surface area contributed by atoms with E-state index < -0.39 is 12.1 Å². The predicted octanol–water partition coefficient (Wildman–Crippen LogP) is 2.00. The van der Waals surface area contributed by atoms with Crippen LogP contribution in [0, 0.1) is 17.1 Å². The summed E-state index contributed by atoms with van der Waals surface area (Å²) in [4.78, 5) is 16.4. The molecule has 156 valence electrons. The Labute approximate surface area is 175 Å². The summed E-state index contributed by atoms with van der Waals surface area (Å²) in [5.74, 6) is -0.844. The molecule has 0 saturated carbocycles. The predicted molar refractivity (Wildman–Crippen MR) is 109 cm³/mol. The lowest BCUT2D eigenvalue weighted by Gasteiger charge is -2.52. The number of nitriles is 1. The molecule has 2 fully saturated rings. The molecule has 0 radical (unpaired) electrons. The summed E-state index contributed by atoms with van der Waals surface area (Å²) in [6.07, 6.45) is 0. The smallest absolute Gasteiger partial charge is 0.238 e. The van der Waals surface area contributed by atoms with E-state index in [1.54, 1.807) is 6.07 Å². The lowest BCUT2D eigenvalue weighted by atomic mass is 9.73. The molecular formula is C23H24FN3O3. The highest BCUT2D eigenvalue weighted by atomic mass is 19.1. The first-order valence-electron chi connectivity index (χ1n) is 10.1. The topological polar surface area (TPSA) is 76.8 Å². The lowest BCUT2D eigenvalue weighted by Crippen LogP contribution is -2.66. The number of hydrogen-bond donors (Lipinski definition) is 1. The Morgan fingerprint density at radius 2 is 1.97 bits per heavy atom. The zero-order chi connectivity index (χ0) is 21.1. The van der Waals surface area contributed by atoms with E-state index in [-0.39, 0.29) is 30.8 Å². The molecule has 2 heterocycles. The van der Waals surface area contributed by atoms with Crippen LogP contribution in [0.2, 0.25) is 0 Å². The van der Waals surface area contributed by atoms with Gasteiger partial charge < -0.3 is 14.7 Å². The number of nitrogens with zero attached hydrogens (tertiary/aromatic N) is 3. The maximum atomic E-state index is 13.8.